The van der Waals surface area contributed by atoms with Crippen LogP contribution in [0.15, 0.2) is 70.9 Å². The Hall–Kier alpha value is -2.89. The van der Waals surface area contributed by atoms with Crippen molar-refractivity contribution in [1.29, 1.82) is 0 Å². The molecule has 30 heavy (non-hydrogen) atoms. The Balaban J connectivity index is 1.51. The molecule has 0 aromatic heterocycles. The molecule has 0 spiro atoms. The van der Waals surface area contributed by atoms with E-state index in [1.807, 2.05) is 31.2 Å². The van der Waals surface area contributed by atoms with Crippen LogP contribution in [0.5, 0.6) is 11.5 Å². The molecular formula is C24H16BrClO4. The van der Waals surface area contributed by atoms with Crippen LogP contribution in [0.1, 0.15) is 31.8 Å². The van der Waals surface area contributed by atoms with Gasteiger partial charge in [0.25, 0.3) is 0 Å². The van der Waals surface area contributed by atoms with E-state index in [0.29, 0.717) is 27.6 Å². The third-order valence-corrected chi connectivity index (χ3v) is 5.43. The van der Waals surface area contributed by atoms with E-state index < -0.39 is 0 Å². The summed E-state index contributed by atoms with van der Waals surface area (Å²) in [6.45, 7) is 1.69. The zero-order valence-electron chi connectivity index (χ0n) is 15.9. The quantitative estimate of drug-likeness (QED) is 0.316. The smallest absolute Gasteiger partial charge is 0.232 e. The third-order valence-electron chi connectivity index (χ3n) is 4.65. The lowest BCUT2D eigenvalue weighted by Gasteiger charge is -2.09. The van der Waals surface area contributed by atoms with E-state index in [1.165, 1.54) is 0 Å². The van der Waals surface area contributed by atoms with Crippen LogP contribution < -0.4 is 9.47 Å². The first kappa shape index (κ1) is 20.4. The molecule has 0 N–H and O–H groups in total. The van der Waals surface area contributed by atoms with Crippen LogP contribution in [0.4, 0.5) is 0 Å². The Morgan fingerprint density at radius 1 is 1.10 bits per heavy atom. The molecule has 1 heterocycles. The molecule has 0 bridgehead atoms. The molecule has 0 radical (unpaired) electrons. The molecule has 6 heteroatoms. The number of carbonyl (C=O) groups is 2. The minimum atomic E-state index is -0.172. The van der Waals surface area contributed by atoms with E-state index in [2.05, 4.69) is 15.9 Å². The monoisotopic (exact) mass is 482 g/mol. The van der Waals surface area contributed by atoms with Crippen LogP contribution in [0.25, 0.3) is 6.08 Å². The van der Waals surface area contributed by atoms with Crippen LogP contribution in [0.3, 0.4) is 0 Å². The number of hydrogen-bond donors (Lipinski definition) is 0. The van der Waals surface area contributed by atoms with Gasteiger partial charge in [0, 0.05) is 21.1 Å². The number of carbonyl (C=O) groups excluding carboxylic acids is 2. The molecule has 0 saturated carbocycles. The predicted octanol–water partition coefficient (Wildman–Crippen LogP) is 6.29. The highest BCUT2D eigenvalue weighted by atomic mass is 79.9. The molecule has 0 saturated heterocycles. The second-order valence-electron chi connectivity index (χ2n) is 6.82. The summed E-state index contributed by atoms with van der Waals surface area (Å²) in [5.74, 6) is 0.806. The Labute approximate surface area is 187 Å². The van der Waals surface area contributed by atoms with E-state index in [-0.39, 0.29) is 23.9 Å². The van der Waals surface area contributed by atoms with Crippen LogP contribution in [-0.4, -0.2) is 18.2 Å². The zero-order chi connectivity index (χ0) is 21.3. The normalized spacial score (nSPS) is 13.8. The summed E-state index contributed by atoms with van der Waals surface area (Å²) in [6.07, 6.45) is 1.71. The van der Waals surface area contributed by atoms with E-state index in [0.717, 1.165) is 15.6 Å². The summed E-state index contributed by atoms with van der Waals surface area (Å²) < 4.78 is 12.4. The summed E-state index contributed by atoms with van der Waals surface area (Å²) >= 11 is 9.24. The molecule has 1 aliphatic heterocycles. The van der Waals surface area contributed by atoms with Gasteiger partial charge in [-0.25, -0.2) is 0 Å². The van der Waals surface area contributed by atoms with Crippen molar-refractivity contribution in [1.82, 2.24) is 0 Å². The van der Waals surface area contributed by atoms with Gasteiger partial charge in [-0.1, -0.05) is 39.7 Å². The zero-order valence-corrected chi connectivity index (χ0v) is 18.3. The standard InChI is InChI=1S/C24H16BrClO4/c1-14-10-19(29-13-20(27)16-4-8-18(26)9-5-16)12-21-23(14)24(28)22(30-21)11-15-2-6-17(25)7-3-15/h2-12H,13H2,1H3/b22-11-. The van der Waals surface area contributed by atoms with Gasteiger partial charge >= 0.3 is 0 Å². The van der Waals surface area contributed by atoms with Crippen molar-refractivity contribution in [2.75, 3.05) is 6.61 Å². The lowest BCUT2D eigenvalue weighted by atomic mass is 10.0. The van der Waals surface area contributed by atoms with E-state index in [9.17, 15) is 9.59 Å². The van der Waals surface area contributed by atoms with Crippen molar-refractivity contribution in [3.05, 3.63) is 98.2 Å². The van der Waals surface area contributed by atoms with Gasteiger partial charge in [-0.3, -0.25) is 9.59 Å². The minimum absolute atomic E-state index is 0.130. The van der Waals surface area contributed by atoms with Crippen LogP contribution in [-0.2, 0) is 0 Å². The van der Waals surface area contributed by atoms with Gasteiger partial charge in [0.15, 0.2) is 18.1 Å². The molecule has 0 unspecified atom stereocenters. The Morgan fingerprint density at radius 2 is 1.80 bits per heavy atom. The Bertz CT molecular complexity index is 1170. The molecular weight excluding hydrogens is 468 g/mol. The lowest BCUT2D eigenvalue weighted by molar-refractivity contribution is 0.0920. The number of rotatable bonds is 5. The van der Waals surface area contributed by atoms with Gasteiger partial charge in [0.05, 0.1) is 5.56 Å². The SMILES string of the molecule is Cc1cc(OCC(=O)c2ccc(Cl)cc2)cc2c1C(=O)/C(=C/c1ccc(Br)cc1)O2. The fraction of sp³-hybridized carbons (Fsp3) is 0.0833. The first-order chi connectivity index (χ1) is 14.4. The molecule has 4 nitrogen and oxygen atoms in total. The highest BCUT2D eigenvalue weighted by Crippen LogP contribution is 2.37. The summed E-state index contributed by atoms with van der Waals surface area (Å²) in [5.41, 5.74) is 2.61. The fourth-order valence-electron chi connectivity index (χ4n) is 3.14. The number of ether oxygens (including phenoxy) is 2. The molecule has 1 aliphatic rings. The van der Waals surface area contributed by atoms with E-state index >= 15 is 0 Å². The van der Waals surface area contributed by atoms with Crippen molar-refractivity contribution in [2.45, 2.75) is 6.92 Å². The summed E-state index contributed by atoms with van der Waals surface area (Å²) in [5, 5.41) is 0.565. The number of Topliss-reactive ketones (excluding diaryl/α,β-unsaturated/α-hetero) is 2. The second-order valence-corrected chi connectivity index (χ2v) is 8.18. The average molecular weight is 484 g/mol. The topological polar surface area (TPSA) is 52.6 Å². The van der Waals surface area contributed by atoms with Gasteiger partial charge in [0.2, 0.25) is 5.78 Å². The molecule has 4 rings (SSSR count). The Kier molecular flexibility index (Phi) is 5.75. The number of benzene rings is 3. The van der Waals surface area contributed by atoms with Gasteiger partial charge in [-0.15, -0.1) is 0 Å². The van der Waals surface area contributed by atoms with Crippen LogP contribution >= 0.6 is 27.5 Å². The molecule has 3 aromatic rings. The highest BCUT2D eigenvalue weighted by Gasteiger charge is 2.30. The van der Waals surface area contributed by atoms with Crippen LogP contribution in [0, 0.1) is 6.92 Å². The lowest BCUT2D eigenvalue weighted by Crippen LogP contribution is -2.11. The Morgan fingerprint density at radius 3 is 2.50 bits per heavy atom. The molecule has 0 aliphatic carbocycles. The number of hydrogen-bond acceptors (Lipinski definition) is 4. The van der Waals surface area contributed by atoms with Gasteiger partial charge in [-0.05, 0) is 66.6 Å². The van der Waals surface area contributed by atoms with Crippen molar-refractivity contribution >= 4 is 45.2 Å². The van der Waals surface area contributed by atoms with Gasteiger partial charge in [0.1, 0.15) is 11.5 Å². The van der Waals surface area contributed by atoms with Gasteiger partial charge < -0.3 is 9.47 Å². The molecule has 0 atom stereocenters. The molecule has 3 aromatic carbocycles. The van der Waals surface area contributed by atoms with Crippen LogP contribution in [0.2, 0.25) is 5.02 Å². The molecule has 150 valence electrons. The predicted molar refractivity (Wildman–Crippen MR) is 120 cm³/mol. The van der Waals surface area contributed by atoms with Gasteiger partial charge in [-0.2, -0.15) is 0 Å². The number of fused-ring (bicyclic) bond motifs is 1. The fourth-order valence-corrected chi connectivity index (χ4v) is 3.53. The number of halogens is 2. The van der Waals surface area contributed by atoms with Crippen molar-refractivity contribution in [2.24, 2.45) is 0 Å². The minimum Gasteiger partial charge on any atom is -0.485 e. The third kappa shape index (κ3) is 4.32. The van der Waals surface area contributed by atoms with Crippen molar-refractivity contribution in [3.8, 4) is 11.5 Å². The highest BCUT2D eigenvalue weighted by molar-refractivity contribution is 9.10. The summed E-state index contributed by atoms with van der Waals surface area (Å²) in [7, 11) is 0. The largest absolute Gasteiger partial charge is 0.485 e. The second kappa shape index (κ2) is 8.46. The maximum atomic E-state index is 12.8. The van der Waals surface area contributed by atoms with Crippen molar-refractivity contribution < 1.29 is 19.1 Å². The number of ketones is 2. The first-order valence-corrected chi connectivity index (χ1v) is 10.3. The first-order valence-electron chi connectivity index (χ1n) is 9.17. The number of allylic oxidation sites excluding steroid dienone is 1. The summed E-state index contributed by atoms with van der Waals surface area (Å²) in [4.78, 5) is 25.1. The van der Waals surface area contributed by atoms with E-state index in [1.54, 1.807) is 42.5 Å². The summed E-state index contributed by atoms with van der Waals surface area (Å²) in [6, 6.07) is 17.6. The van der Waals surface area contributed by atoms with E-state index in [4.69, 9.17) is 21.1 Å². The maximum Gasteiger partial charge on any atom is 0.232 e. The molecule has 0 amide bonds. The average Bonchev–Trinajstić information content (AvgIpc) is 3.04. The molecule has 0 fully saturated rings. The maximum absolute atomic E-state index is 12.8. The number of aryl methyl sites for hydroxylation is 1. The van der Waals surface area contributed by atoms with Crippen molar-refractivity contribution in [3.63, 3.8) is 0 Å².